The molecule has 4 aromatic rings. The maximum absolute atomic E-state index is 13.6. The molecule has 22 heteroatoms. The molecule has 0 aliphatic carbocycles. The van der Waals surface area contributed by atoms with Gasteiger partial charge in [0.15, 0.2) is 17.8 Å². The number of carbonyl (C=O) groups is 3. The minimum atomic E-state index is -5.09. The van der Waals surface area contributed by atoms with E-state index in [0.29, 0.717) is 9.25 Å². The molecule has 3 N–H and O–H groups in total. The number of alkyl halides is 6. The zero-order valence-electron chi connectivity index (χ0n) is 24.7. The number of rotatable bonds is 9. The normalized spacial score (nSPS) is 14.4. The van der Waals surface area contributed by atoms with Crippen LogP contribution in [0, 0.1) is 0 Å². The summed E-state index contributed by atoms with van der Waals surface area (Å²) in [5, 5.41) is 22.6. The van der Waals surface area contributed by atoms with Crippen LogP contribution in [0.2, 0.25) is 5.02 Å². The molecule has 1 fully saturated rings. The van der Waals surface area contributed by atoms with Crippen LogP contribution in [0.15, 0.2) is 47.5 Å². The SMILES string of the molecule is O=C1CN(C(=O)c2nc(Cn3nc(-c4ccc(Cl)cc4)n(CC(O)C(F)(F)F)c3=O)nn2-c2cnccc2C(=O)NCC(F)(F)F)CCN1. The average Bonchev–Trinajstić information content (AvgIpc) is 3.60. The van der Waals surface area contributed by atoms with Crippen LogP contribution < -0.4 is 16.3 Å². The third-order valence-electron chi connectivity index (χ3n) is 6.94. The Bertz CT molecular complexity index is 1940. The Morgan fingerprint density at radius 2 is 1.78 bits per heavy atom. The molecule has 0 bridgehead atoms. The number of aliphatic hydroxyl groups is 1. The molecule has 1 aliphatic rings. The Morgan fingerprint density at radius 1 is 1.06 bits per heavy atom. The number of amides is 3. The maximum Gasteiger partial charge on any atom is 0.416 e. The van der Waals surface area contributed by atoms with Gasteiger partial charge in [0.2, 0.25) is 11.7 Å². The van der Waals surface area contributed by atoms with Crippen LogP contribution >= 0.6 is 11.6 Å². The van der Waals surface area contributed by atoms with Crippen LogP contribution in [0.1, 0.15) is 26.8 Å². The highest BCUT2D eigenvalue weighted by molar-refractivity contribution is 6.30. The summed E-state index contributed by atoms with van der Waals surface area (Å²) >= 11 is 5.92. The van der Waals surface area contributed by atoms with E-state index in [4.69, 9.17) is 11.6 Å². The smallest absolute Gasteiger partial charge is 0.382 e. The molecular formula is C27H23ClF6N10O5. The molecule has 0 saturated carbocycles. The van der Waals surface area contributed by atoms with Gasteiger partial charge in [0.1, 0.15) is 19.6 Å². The van der Waals surface area contributed by atoms with Crippen molar-refractivity contribution in [2.45, 2.75) is 31.5 Å². The Morgan fingerprint density at radius 3 is 2.43 bits per heavy atom. The summed E-state index contributed by atoms with van der Waals surface area (Å²) in [6.07, 6.45) is -10.7. The lowest BCUT2D eigenvalue weighted by Gasteiger charge is -2.26. The van der Waals surface area contributed by atoms with Crippen molar-refractivity contribution >= 4 is 29.3 Å². The molecule has 15 nitrogen and oxygen atoms in total. The predicted molar refractivity (Wildman–Crippen MR) is 155 cm³/mol. The molecule has 1 unspecified atom stereocenters. The zero-order chi connectivity index (χ0) is 35.7. The Balaban J connectivity index is 1.59. The van der Waals surface area contributed by atoms with Gasteiger partial charge < -0.3 is 20.6 Å². The Labute approximate surface area is 275 Å². The summed E-state index contributed by atoms with van der Waals surface area (Å²) < 4.78 is 80.4. The van der Waals surface area contributed by atoms with Crippen LogP contribution in [-0.4, -0.2) is 106 Å². The van der Waals surface area contributed by atoms with Crippen molar-refractivity contribution in [3.8, 4) is 17.1 Å². The molecule has 1 aromatic carbocycles. The van der Waals surface area contributed by atoms with E-state index in [-0.39, 0.29) is 41.0 Å². The van der Waals surface area contributed by atoms with Crippen molar-refractivity contribution in [1.82, 2.24) is 49.6 Å². The van der Waals surface area contributed by atoms with Crippen molar-refractivity contribution in [2.75, 3.05) is 26.2 Å². The Kier molecular flexibility index (Phi) is 9.76. The van der Waals surface area contributed by atoms with Gasteiger partial charge in [-0.25, -0.2) is 19.1 Å². The van der Waals surface area contributed by atoms with Crippen LogP contribution in [-0.2, 0) is 17.9 Å². The molecule has 3 amide bonds. The van der Waals surface area contributed by atoms with Crippen molar-refractivity contribution in [1.29, 1.82) is 0 Å². The van der Waals surface area contributed by atoms with E-state index in [1.54, 1.807) is 5.32 Å². The average molecular weight is 717 g/mol. The van der Waals surface area contributed by atoms with Gasteiger partial charge in [-0.15, -0.1) is 10.2 Å². The lowest BCUT2D eigenvalue weighted by atomic mass is 10.2. The highest BCUT2D eigenvalue weighted by Crippen LogP contribution is 2.24. The molecule has 49 heavy (non-hydrogen) atoms. The minimum absolute atomic E-state index is 0.0224. The number of piperazine rings is 1. The summed E-state index contributed by atoms with van der Waals surface area (Å²) in [4.78, 5) is 60.9. The molecular weight excluding hydrogens is 694 g/mol. The number of carbonyl (C=O) groups excluding carboxylic acids is 3. The van der Waals surface area contributed by atoms with E-state index in [1.165, 1.54) is 24.3 Å². The van der Waals surface area contributed by atoms with E-state index >= 15 is 0 Å². The van der Waals surface area contributed by atoms with Gasteiger partial charge in [0.25, 0.3) is 11.8 Å². The van der Waals surface area contributed by atoms with E-state index in [0.717, 1.165) is 28.0 Å². The number of nitrogens with zero attached hydrogens (tertiary/aromatic N) is 8. The highest BCUT2D eigenvalue weighted by atomic mass is 35.5. The quantitative estimate of drug-likeness (QED) is 0.214. The van der Waals surface area contributed by atoms with Gasteiger partial charge in [0, 0.05) is 29.9 Å². The summed E-state index contributed by atoms with van der Waals surface area (Å²) in [5.41, 5.74) is -1.71. The van der Waals surface area contributed by atoms with Crippen molar-refractivity contribution in [2.24, 2.45) is 0 Å². The second-order valence-electron chi connectivity index (χ2n) is 10.5. The van der Waals surface area contributed by atoms with Gasteiger partial charge in [-0.1, -0.05) is 11.6 Å². The fourth-order valence-electron chi connectivity index (χ4n) is 4.64. The molecule has 5 rings (SSSR count). The summed E-state index contributed by atoms with van der Waals surface area (Å²) in [7, 11) is 0. The topological polar surface area (TPSA) is 182 Å². The molecule has 0 spiro atoms. The largest absolute Gasteiger partial charge is 0.416 e. The van der Waals surface area contributed by atoms with Crippen LogP contribution in [0.25, 0.3) is 17.1 Å². The molecule has 3 aromatic heterocycles. The Hall–Kier alpha value is -5.31. The van der Waals surface area contributed by atoms with Gasteiger partial charge >= 0.3 is 18.0 Å². The van der Waals surface area contributed by atoms with Crippen molar-refractivity contribution in [3.63, 3.8) is 0 Å². The lowest BCUT2D eigenvalue weighted by Crippen LogP contribution is -2.50. The standard InChI is InChI=1S/C27H23ClF6N10O5/c28-15-3-1-14(2-4-15)21-40-43(25(49)42(21)10-18(45)27(32,33)34)11-19-38-22(24(48)41-8-7-36-20(46)12-41)44(39-19)17-9-35-6-5-16(17)23(47)37-13-26(29,30)31/h1-6,9,18,45H,7-8,10-13H2,(H,36,46)(H,37,47). The van der Waals surface area contributed by atoms with E-state index < -0.39 is 79.4 Å². The second kappa shape index (κ2) is 13.7. The number of nitrogens with one attached hydrogen (secondary N) is 2. The first-order valence-electron chi connectivity index (χ1n) is 14.0. The van der Waals surface area contributed by atoms with E-state index in [2.05, 4.69) is 25.5 Å². The summed E-state index contributed by atoms with van der Waals surface area (Å²) in [5.74, 6) is -3.81. The predicted octanol–water partition coefficient (Wildman–Crippen LogP) is 1.18. The fraction of sp³-hybridized carbons (Fsp3) is 0.333. The fourth-order valence-corrected chi connectivity index (χ4v) is 4.76. The maximum atomic E-state index is 13.6. The molecule has 0 radical (unpaired) electrons. The van der Waals surface area contributed by atoms with Gasteiger partial charge in [-0.05, 0) is 30.3 Å². The van der Waals surface area contributed by atoms with Gasteiger partial charge in [0.05, 0.1) is 24.0 Å². The third-order valence-corrected chi connectivity index (χ3v) is 7.19. The molecule has 1 aliphatic heterocycles. The van der Waals surface area contributed by atoms with Gasteiger partial charge in [-0.2, -0.15) is 26.3 Å². The van der Waals surface area contributed by atoms with E-state index in [1.807, 2.05) is 0 Å². The van der Waals surface area contributed by atoms with Crippen LogP contribution in [0.4, 0.5) is 26.3 Å². The zero-order valence-corrected chi connectivity index (χ0v) is 25.4. The first-order valence-corrected chi connectivity index (χ1v) is 14.4. The summed E-state index contributed by atoms with van der Waals surface area (Å²) in [6.45, 7) is -3.91. The lowest BCUT2D eigenvalue weighted by molar-refractivity contribution is -0.207. The number of benzene rings is 1. The number of hydrogen-bond acceptors (Lipinski definition) is 9. The van der Waals surface area contributed by atoms with Crippen molar-refractivity contribution < 1.29 is 45.8 Å². The van der Waals surface area contributed by atoms with Crippen molar-refractivity contribution in [3.05, 3.63) is 75.4 Å². The highest BCUT2D eigenvalue weighted by Gasteiger charge is 2.39. The third kappa shape index (κ3) is 8.05. The number of hydrogen-bond donors (Lipinski definition) is 3. The summed E-state index contributed by atoms with van der Waals surface area (Å²) in [6, 6.07) is 6.59. The van der Waals surface area contributed by atoms with E-state index in [9.17, 15) is 50.6 Å². The minimum Gasteiger partial charge on any atom is -0.382 e. The first kappa shape index (κ1) is 35.0. The number of halogens is 7. The first-order chi connectivity index (χ1) is 23.0. The molecule has 1 atom stereocenters. The molecule has 260 valence electrons. The number of pyridine rings is 1. The number of aromatic nitrogens is 7. The van der Waals surface area contributed by atoms with Crippen LogP contribution in [0.3, 0.4) is 0 Å². The van der Waals surface area contributed by atoms with Gasteiger partial charge in [-0.3, -0.25) is 23.9 Å². The molecule has 4 heterocycles. The molecule has 1 saturated heterocycles. The van der Waals surface area contributed by atoms with Crippen LogP contribution in [0.5, 0.6) is 0 Å². The second-order valence-corrected chi connectivity index (χ2v) is 10.9. The number of aliphatic hydroxyl groups excluding tert-OH is 1. The monoisotopic (exact) mass is 716 g/mol.